The van der Waals surface area contributed by atoms with Crippen molar-refractivity contribution in [2.24, 2.45) is 5.92 Å². The van der Waals surface area contributed by atoms with Crippen LogP contribution in [-0.4, -0.2) is 26.9 Å². The van der Waals surface area contributed by atoms with Crippen LogP contribution in [-0.2, 0) is 9.47 Å². The second-order valence-corrected chi connectivity index (χ2v) is 4.41. The second-order valence-electron chi connectivity index (χ2n) is 4.41. The van der Waals surface area contributed by atoms with Crippen LogP contribution in [0.5, 0.6) is 0 Å². The summed E-state index contributed by atoms with van der Waals surface area (Å²) in [5.41, 5.74) is 0. The summed E-state index contributed by atoms with van der Waals surface area (Å²) >= 11 is 0. The zero-order valence-electron chi connectivity index (χ0n) is 10.9. The maximum atomic E-state index is 5.49. The molecule has 0 aliphatic rings. The van der Waals surface area contributed by atoms with E-state index in [2.05, 4.69) is 13.8 Å². The van der Waals surface area contributed by atoms with E-state index in [0.29, 0.717) is 12.0 Å². The molecule has 0 aromatic heterocycles. The van der Waals surface area contributed by atoms with Crippen molar-refractivity contribution in [3.05, 3.63) is 0 Å². The minimum Gasteiger partial charge on any atom is -0.384 e. The third-order valence-corrected chi connectivity index (χ3v) is 2.96. The Balaban J connectivity index is 3.51. The van der Waals surface area contributed by atoms with E-state index in [4.69, 9.17) is 9.47 Å². The maximum absolute atomic E-state index is 5.49. The molecule has 0 aliphatic carbocycles. The minimum atomic E-state index is 0.367. The normalized spacial score (nSPS) is 15.2. The highest BCUT2D eigenvalue weighted by atomic mass is 16.5. The predicted molar refractivity (Wildman–Crippen MR) is 65.2 cm³/mol. The monoisotopic (exact) mass is 216 g/mol. The lowest BCUT2D eigenvalue weighted by atomic mass is 9.99. The Morgan fingerprint density at radius 3 is 2.20 bits per heavy atom. The summed E-state index contributed by atoms with van der Waals surface area (Å²) in [7, 11) is 3.56. The molecule has 2 unspecified atom stereocenters. The zero-order valence-corrected chi connectivity index (χ0v) is 10.9. The highest BCUT2D eigenvalue weighted by Crippen LogP contribution is 2.15. The SMILES string of the molecule is CCCCCCCC(OC)C(C)COC. The smallest absolute Gasteiger partial charge is 0.0618 e. The van der Waals surface area contributed by atoms with Crippen molar-refractivity contribution in [3.8, 4) is 0 Å². The van der Waals surface area contributed by atoms with E-state index < -0.39 is 0 Å². The topological polar surface area (TPSA) is 18.5 Å². The van der Waals surface area contributed by atoms with E-state index in [1.807, 2.05) is 7.11 Å². The van der Waals surface area contributed by atoms with Crippen molar-refractivity contribution in [1.82, 2.24) is 0 Å². The van der Waals surface area contributed by atoms with Crippen LogP contribution >= 0.6 is 0 Å². The van der Waals surface area contributed by atoms with Gasteiger partial charge < -0.3 is 9.47 Å². The van der Waals surface area contributed by atoms with Crippen LogP contribution in [0.25, 0.3) is 0 Å². The fourth-order valence-electron chi connectivity index (χ4n) is 1.95. The summed E-state index contributed by atoms with van der Waals surface area (Å²) in [5.74, 6) is 0.506. The van der Waals surface area contributed by atoms with Crippen molar-refractivity contribution in [3.63, 3.8) is 0 Å². The van der Waals surface area contributed by atoms with Gasteiger partial charge in [0.05, 0.1) is 12.7 Å². The Labute approximate surface area is 95.3 Å². The number of hydrogen-bond donors (Lipinski definition) is 0. The quantitative estimate of drug-likeness (QED) is 0.519. The van der Waals surface area contributed by atoms with Gasteiger partial charge in [-0.3, -0.25) is 0 Å². The van der Waals surface area contributed by atoms with Crippen LogP contribution in [0.3, 0.4) is 0 Å². The van der Waals surface area contributed by atoms with Gasteiger partial charge in [0, 0.05) is 20.1 Å². The first-order chi connectivity index (χ1) is 7.26. The van der Waals surface area contributed by atoms with Crippen molar-refractivity contribution in [2.45, 2.75) is 58.5 Å². The van der Waals surface area contributed by atoms with Gasteiger partial charge >= 0.3 is 0 Å². The molecule has 0 saturated heterocycles. The van der Waals surface area contributed by atoms with Crippen LogP contribution in [0, 0.1) is 5.92 Å². The van der Waals surface area contributed by atoms with Gasteiger partial charge in [0.2, 0.25) is 0 Å². The van der Waals surface area contributed by atoms with E-state index in [9.17, 15) is 0 Å². The van der Waals surface area contributed by atoms with Crippen LogP contribution in [0.1, 0.15) is 52.4 Å². The second kappa shape index (κ2) is 10.4. The van der Waals surface area contributed by atoms with Crippen LogP contribution in [0.2, 0.25) is 0 Å². The third kappa shape index (κ3) is 7.80. The van der Waals surface area contributed by atoms with Gasteiger partial charge in [-0.1, -0.05) is 46.0 Å². The Kier molecular flexibility index (Phi) is 10.4. The number of rotatable bonds is 10. The summed E-state index contributed by atoms with van der Waals surface area (Å²) in [4.78, 5) is 0. The molecular weight excluding hydrogens is 188 g/mol. The molecule has 92 valence electrons. The van der Waals surface area contributed by atoms with Crippen molar-refractivity contribution in [2.75, 3.05) is 20.8 Å². The molecular formula is C13H28O2. The fourth-order valence-corrected chi connectivity index (χ4v) is 1.95. The summed E-state index contributed by atoms with van der Waals surface area (Å²) in [5, 5.41) is 0. The van der Waals surface area contributed by atoms with Crippen LogP contribution < -0.4 is 0 Å². The highest BCUT2D eigenvalue weighted by Gasteiger charge is 2.15. The molecule has 0 rings (SSSR count). The van der Waals surface area contributed by atoms with Gasteiger partial charge in [-0.25, -0.2) is 0 Å². The maximum Gasteiger partial charge on any atom is 0.0618 e. The summed E-state index contributed by atoms with van der Waals surface area (Å²) in [6.07, 6.45) is 8.21. The first-order valence-corrected chi connectivity index (χ1v) is 6.28. The Hall–Kier alpha value is -0.0800. The number of hydrogen-bond acceptors (Lipinski definition) is 2. The molecule has 0 aliphatic heterocycles. The van der Waals surface area contributed by atoms with Crippen LogP contribution in [0.4, 0.5) is 0 Å². The predicted octanol–water partition coefficient (Wildman–Crippen LogP) is 3.64. The van der Waals surface area contributed by atoms with E-state index in [1.54, 1.807) is 7.11 Å². The van der Waals surface area contributed by atoms with Gasteiger partial charge in [-0.2, -0.15) is 0 Å². The summed E-state index contributed by atoms with van der Waals surface area (Å²) in [6.45, 7) is 5.25. The van der Waals surface area contributed by atoms with Crippen LogP contribution in [0.15, 0.2) is 0 Å². The highest BCUT2D eigenvalue weighted by molar-refractivity contribution is 4.65. The van der Waals surface area contributed by atoms with E-state index in [-0.39, 0.29) is 0 Å². The van der Waals surface area contributed by atoms with Gasteiger partial charge in [0.1, 0.15) is 0 Å². The molecule has 0 saturated carbocycles. The van der Waals surface area contributed by atoms with Gasteiger partial charge in [-0.15, -0.1) is 0 Å². The molecule has 0 bridgehead atoms. The lowest BCUT2D eigenvalue weighted by molar-refractivity contribution is 0.0156. The molecule has 2 atom stereocenters. The third-order valence-electron chi connectivity index (χ3n) is 2.96. The van der Waals surface area contributed by atoms with E-state index in [1.165, 1.54) is 38.5 Å². The molecule has 0 aromatic carbocycles. The van der Waals surface area contributed by atoms with Gasteiger partial charge in [0.15, 0.2) is 0 Å². The van der Waals surface area contributed by atoms with Gasteiger partial charge in [-0.05, 0) is 6.42 Å². The Bertz CT molecular complexity index is 126. The number of ether oxygens (including phenoxy) is 2. The standard InChI is InChI=1S/C13H28O2/c1-5-6-7-8-9-10-13(15-4)12(2)11-14-3/h12-13H,5-11H2,1-4H3. The molecule has 0 N–H and O–H groups in total. The average Bonchev–Trinajstić information content (AvgIpc) is 2.23. The zero-order chi connectivity index (χ0) is 11.5. The molecule has 2 heteroatoms. The summed E-state index contributed by atoms with van der Waals surface area (Å²) < 4.78 is 10.6. The lowest BCUT2D eigenvalue weighted by Gasteiger charge is -2.21. The molecule has 0 radical (unpaired) electrons. The molecule has 0 aromatic rings. The molecule has 0 amide bonds. The largest absolute Gasteiger partial charge is 0.384 e. The average molecular weight is 216 g/mol. The minimum absolute atomic E-state index is 0.367. The molecule has 0 spiro atoms. The van der Waals surface area contributed by atoms with Gasteiger partial charge in [0.25, 0.3) is 0 Å². The summed E-state index contributed by atoms with van der Waals surface area (Å²) in [6, 6.07) is 0. The Morgan fingerprint density at radius 1 is 1.00 bits per heavy atom. The van der Waals surface area contributed by atoms with E-state index >= 15 is 0 Å². The van der Waals surface area contributed by atoms with E-state index in [0.717, 1.165) is 6.61 Å². The van der Waals surface area contributed by atoms with Crippen molar-refractivity contribution in [1.29, 1.82) is 0 Å². The lowest BCUT2D eigenvalue weighted by Crippen LogP contribution is -2.24. The molecule has 2 nitrogen and oxygen atoms in total. The number of unbranched alkanes of at least 4 members (excludes halogenated alkanes) is 4. The molecule has 15 heavy (non-hydrogen) atoms. The van der Waals surface area contributed by atoms with Crippen molar-refractivity contribution >= 4 is 0 Å². The molecule has 0 fully saturated rings. The van der Waals surface area contributed by atoms with Crippen molar-refractivity contribution < 1.29 is 9.47 Å². The first kappa shape index (κ1) is 14.9. The number of methoxy groups -OCH3 is 2. The first-order valence-electron chi connectivity index (χ1n) is 6.28. The molecule has 0 heterocycles. The Morgan fingerprint density at radius 2 is 1.67 bits per heavy atom. The fraction of sp³-hybridized carbons (Fsp3) is 1.00.